The second kappa shape index (κ2) is 8.97. The van der Waals surface area contributed by atoms with Crippen molar-refractivity contribution in [3.05, 3.63) is 102 Å². The van der Waals surface area contributed by atoms with Gasteiger partial charge in [0.05, 0.1) is 19.3 Å². The summed E-state index contributed by atoms with van der Waals surface area (Å²) in [5.41, 5.74) is 5.04. The van der Waals surface area contributed by atoms with Crippen molar-refractivity contribution in [2.75, 3.05) is 13.7 Å². The molecular formula is C24H22O3. The summed E-state index contributed by atoms with van der Waals surface area (Å²) in [4.78, 5) is 12.5. The number of benzene rings is 3. The Kier molecular flexibility index (Phi) is 6.18. The second-order valence-electron chi connectivity index (χ2n) is 6.15. The predicted molar refractivity (Wildman–Crippen MR) is 108 cm³/mol. The summed E-state index contributed by atoms with van der Waals surface area (Å²) >= 11 is 0. The molecule has 3 nitrogen and oxygen atoms in total. The van der Waals surface area contributed by atoms with E-state index >= 15 is 0 Å². The molecule has 0 unspecified atom stereocenters. The van der Waals surface area contributed by atoms with E-state index in [1.54, 1.807) is 0 Å². The lowest BCUT2D eigenvalue weighted by Gasteiger charge is -2.13. The fourth-order valence-corrected chi connectivity index (χ4v) is 3.13. The van der Waals surface area contributed by atoms with Crippen molar-refractivity contribution in [3.8, 4) is 11.1 Å². The normalized spacial score (nSPS) is 11.3. The molecule has 3 heteroatoms. The summed E-state index contributed by atoms with van der Waals surface area (Å²) in [6, 6.07) is 25.3. The number of aliphatic hydroxyl groups excluding tert-OH is 1. The molecule has 0 aliphatic carbocycles. The third-order valence-electron chi connectivity index (χ3n) is 4.51. The Morgan fingerprint density at radius 3 is 2.22 bits per heavy atom. The molecule has 0 radical (unpaired) electrons. The molecule has 0 bridgehead atoms. The molecule has 0 heterocycles. The third kappa shape index (κ3) is 4.33. The highest BCUT2D eigenvalue weighted by Gasteiger charge is 2.17. The van der Waals surface area contributed by atoms with Crippen LogP contribution in [0.4, 0.5) is 0 Å². The van der Waals surface area contributed by atoms with Crippen LogP contribution in [0.15, 0.2) is 84.9 Å². The van der Waals surface area contributed by atoms with Gasteiger partial charge in [-0.05, 0) is 34.2 Å². The van der Waals surface area contributed by atoms with Gasteiger partial charge in [-0.2, -0.15) is 0 Å². The van der Waals surface area contributed by atoms with Crippen LogP contribution in [-0.4, -0.2) is 24.8 Å². The fourth-order valence-electron chi connectivity index (χ4n) is 3.13. The first kappa shape index (κ1) is 18.6. The topological polar surface area (TPSA) is 46.5 Å². The number of rotatable bonds is 6. The number of carbonyl (C=O) groups is 1. The van der Waals surface area contributed by atoms with E-state index in [2.05, 4.69) is 0 Å². The molecule has 0 atom stereocenters. The fraction of sp³-hybridized carbons (Fsp3) is 0.125. The Labute approximate surface area is 159 Å². The van der Waals surface area contributed by atoms with E-state index in [-0.39, 0.29) is 12.6 Å². The van der Waals surface area contributed by atoms with Gasteiger partial charge in [0.2, 0.25) is 0 Å². The van der Waals surface area contributed by atoms with Gasteiger partial charge in [0.1, 0.15) is 0 Å². The molecule has 0 amide bonds. The quantitative estimate of drug-likeness (QED) is 0.646. The van der Waals surface area contributed by atoms with Gasteiger partial charge in [-0.3, -0.25) is 0 Å². The van der Waals surface area contributed by atoms with Crippen LogP contribution in [0.25, 0.3) is 16.7 Å². The van der Waals surface area contributed by atoms with Crippen LogP contribution < -0.4 is 0 Å². The number of carbonyl (C=O) groups excluding carboxylic acids is 1. The summed E-state index contributed by atoms with van der Waals surface area (Å²) in [5.74, 6) is -0.358. The SMILES string of the molecule is COC(=O)c1c(C/C=C(\CO)c2ccccc2)cccc1-c1ccccc1. The first-order chi connectivity index (χ1) is 13.2. The van der Waals surface area contributed by atoms with Crippen LogP contribution in [0.5, 0.6) is 0 Å². The van der Waals surface area contributed by atoms with Gasteiger partial charge in [-0.1, -0.05) is 84.9 Å². The van der Waals surface area contributed by atoms with Crippen molar-refractivity contribution in [1.82, 2.24) is 0 Å². The van der Waals surface area contributed by atoms with Gasteiger partial charge in [0.25, 0.3) is 0 Å². The van der Waals surface area contributed by atoms with Crippen molar-refractivity contribution in [2.24, 2.45) is 0 Å². The number of hydrogen-bond donors (Lipinski definition) is 1. The lowest BCUT2D eigenvalue weighted by atomic mass is 9.93. The van der Waals surface area contributed by atoms with E-state index < -0.39 is 0 Å². The van der Waals surface area contributed by atoms with Gasteiger partial charge in [-0.25, -0.2) is 4.79 Å². The van der Waals surface area contributed by atoms with E-state index in [4.69, 9.17) is 4.74 Å². The Balaban J connectivity index is 2.03. The smallest absolute Gasteiger partial charge is 0.338 e. The Hall–Kier alpha value is -3.17. The maximum atomic E-state index is 12.5. The van der Waals surface area contributed by atoms with E-state index in [1.165, 1.54) is 7.11 Å². The van der Waals surface area contributed by atoms with Crippen molar-refractivity contribution >= 4 is 11.5 Å². The Morgan fingerprint density at radius 1 is 0.926 bits per heavy atom. The van der Waals surface area contributed by atoms with Crippen molar-refractivity contribution in [1.29, 1.82) is 0 Å². The standard InChI is InChI=1S/C24H22O3/c1-27-24(26)23-20(13-8-14-22(23)19-11-6-3-7-12-19)15-16-21(17-25)18-9-4-2-5-10-18/h2-14,16,25H,15,17H2,1H3/b21-16+. The zero-order valence-corrected chi connectivity index (χ0v) is 15.3. The van der Waals surface area contributed by atoms with Gasteiger partial charge >= 0.3 is 5.97 Å². The second-order valence-corrected chi connectivity index (χ2v) is 6.15. The zero-order valence-electron chi connectivity index (χ0n) is 15.3. The van der Waals surface area contributed by atoms with Crippen molar-refractivity contribution in [3.63, 3.8) is 0 Å². The number of aliphatic hydroxyl groups is 1. The molecule has 0 aliphatic heterocycles. The minimum Gasteiger partial charge on any atom is -0.465 e. The molecule has 0 aromatic heterocycles. The average molecular weight is 358 g/mol. The highest BCUT2D eigenvalue weighted by Crippen LogP contribution is 2.28. The lowest BCUT2D eigenvalue weighted by Crippen LogP contribution is -2.08. The van der Waals surface area contributed by atoms with Crippen LogP contribution in [0.3, 0.4) is 0 Å². The number of ether oxygens (including phenoxy) is 1. The molecule has 0 spiro atoms. The maximum Gasteiger partial charge on any atom is 0.338 e. The Bertz CT molecular complexity index is 928. The molecule has 3 rings (SSSR count). The first-order valence-electron chi connectivity index (χ1n) is 8.85. The third-order valence-corrected chi connectivity index (χ3v) is 4.51. The largest absolute Gasteiger partial charge is 0.465 e. The maximum absolute atomic E-state index is 12.5. The lowest BCUT2D eigenvalue weighted by molar-refractivity contribution is 0.0600. The summed E-state index contributed by atoms with van der Waals surface area (Å²) in [6.45, 7) is -0.0596. The van der Waals surface area contributed by atoms with Crippen LogP contribution in [0.2, 0.25) is 0 Å². The van der Waals surface area contributed by atoms with E-state index in [0.29, 0.717) is 12.0 Å². The monoisotopic (exact) mass is 358 g/mol. The van der Waals surface area contributed by atoms with Crippen molar-refractivity contribution < 1.29 is 14.6 Å². The number of methoxy groups -OCH3 is 1. The molecular weight excluding hydrogens is 336 g/mol. The molecule has 27 heavy (non-hydrogen) atoms. The van der Waals surface area contributed by atoms with Crippen LogP contribution in [0, 0.1) is 0 Å². The van der Waals surface area contributed by atoms with E-state index in [0.717, 1.165) is 27.8 Å². The summed E-state index contributed by atoms with van der Waals surface area (Å²) < 4.78 is 5.05. The highest BCUT2D eigenvalue weighted by atomic mass is 16.5. The van der Waals surface area contributed by atoms with Gasteiger partial charge in [-0.15, -0.1) is 0 Å². The number of hydrogen-bond acceptors (Lipinski definition) is 3. The van der Waals surface area contributed by atoms with Crippen LogP contribution in [-0.2, 0) is 11.2 Å². The summed E-state index contributed by atoms with van der Waals surface area (Å²) in [7, 11) is 1.40. The summed E-state index contributed by atoms with van der Waals surface area (Å²) in [5, 5.41) is 9.75. The van der Waals surface area contributed by atoms with Crippen molar-refractivity contribution in [2.45, 2.75) is 6.42 Å². The van der Waals surface area contributed by atoms with Gasteiger partial charge in [0.15, 0.2) is 0 Å². The average Bonchev–Trinajstić information content (AvgIpc) is 2.75. The Morgan fingerprint density at radius 2 is 1.59 bits per heavy atom. The number of allylic oxidation sites excluding steroid dienone is 1. The molecule has 0 saturated carbocycles. The highest BCUT2D eigenvalue weighted by molar-refractivity contribution is 5.99. The molecule has 0 aliphatic rings. The first-order valence-corrected chi connectivity index (χ1v) is 8.85. The molecule has 1 N–H and O–H groups in total. The van der Waals surface area contributed by atoms with Gasteiger partial charge in [0, 0.05) is 0 Å². The zero-order chi connectivity index (χ0) is 19.1. The summed E-state index contributed by atoms with van der Waals surface area (Å²) in [6.07, 6.45) is 2.49. The minimum absolute atomic E-state index is 0.0596. The molecule has 136 valence electrons. The molecule has 0 fully saturated rings. The minimum atomic E-state index is -0.358. The van der Waals surface area contributed by atoms with Crippen LogP contribution in [0.1, 0.15) is 21.5 Å². The molecule has 3 aromatic carbocycles. The van der Waals surface area contributed by atoms with Gasteiger partial charge < -0.3 is 9.84 Å². The van der Waals surface area contributed by atoms with E-state index in [9.17, 15) is 9.90 Å². The van der Waals surface area contributed by atoms with E-state index in [1.807, 2.05) is 84.9 Å². The molecule has 3 aromatic rings. The van der Waals surface area contributed by atoms with Crippen LogP contribution >= 0.6 is 0 Å². The molecule has 0 saturated heterocycles. The predicted octanol–water partition coefficient (Wildman–Crippen LogP) is 4.76. The number of esters is 1.